The van der Waals surface area contributed by atoms with E-state index in [1.165, 1.54) is 10.8 Å². The number of aromatic nitrogens is 5. The molecule has 14 rings (SSSR count). The lowest BCUT2D eigenvalue weighted by molar-refractivity contribution is 0.670. The summed E-state index contributed by atoms with van der Waals surface area (Å²) in [6.45, 7) is 0. The number of nitrogens with zero attached hydrogens (tertiary/aromatic N) is 5. The Hall–Kier alpha value is -9.39. The normalized spacial score (nSPS) is 11.8. The van der Waals surface area contributed by atoms with Gasteiger partial charge in [-0.05, 0) is 65.2 Å². The molecular weight excluding hydrogens is 843 g/mol. The third-order valence-corrected chi connectivity index (χ3v) is 13.6. The number of fused-ring (bicyclic) bond motifs is 9. The second kappa shape index (κ2) is 15.6. The molecule has 0 bridgehead atoms. The molecule has 4 heterocycles. The molecule has 6 heteroatoms. The fraction of sp³-hybridized carbons (Fsp3) is 0. The maximum atomic E-state index is 6.67. The van der Waals surface area contributed by atoms with Crippen molar-refractivity contribution < 1.29 is 4.42 Å². The minimum atomic E-state index is 0.522. The van der Waals surface area contributed by atoms with Crippen LogP contribution in [0.3, 0.4) is 0 Å². The highest BCUT2D eigenvalue weighted by molar-refractivity contribution is 6.17. The molecule has 0 amide bonds. The lowest BCUT2D eigenvalue weighted by Crippen LogP contribution is -2.07. The third-order valence-electron chi connectivity index (χ3n) is 13.6. The smallest absolute Gasteiger partial charge is 0.238 e. The van der Waals surface area contributed by atoms with Gasteiger partial charge < -0.3 is 8.98 Å². The summed E-state index contributed by atoms with van der Waals surface area (Å²) in [7, 11) is 0. The molecule has 0 spiro atoms. The van der Waals surface area contributed by atoms with Gasteiger partial charge in [0.15, 0.2) is 11.6 Å². The summed E-state index contributed by atoms with van der Waals surface area (Å²) in [5.74, 6) is 1.67. The van der Waals surface area contributed by atoms with Crippen molar-refractivity contribution in [1.82, 2.24) is 24.1 Å². The van der Waals surface area contributed by atoms with E-state index in [1.807, 2.05) is 30.3 Å². The maximum absolute atomic E-state index is 6.67. The summed E-state index contributed by atoms with van der Waals surface area (Å²) in [4.78, 5) is 16.2. The quantitative estimate of drug-likeness (QED) is 0.160. The number of furan rings is 1. The lowest BCUT2D eigenvalue weighted by Gasteiger charge is -2.17. The molecular formula is C63H39N5O. The maximum Gasteiger partial charge on any atom is 0.238 e. The second-order valence-electron chi connectivity index (χ2n) is 17.5. The largest absolute Gasteiger partial charge is 0.455 e. The first-order valence-corrected chi connectivity index (χ1v) is 23.3. The highest BCUT2D eigenvalue weighted by Gasteiger charge is 2.24. The molecule has 0 N–H and O–H groups in total. The van der Waals surface area contributed by atoms with E-state index in [2.05, 4.69) is 215 Å². The van der Waals surface area contributed by atoms with Crippen LogP contribution in [0.4, 0.5) is 0 Å². The van der Waals surface area contributed by atoms with Crippen LogP contribution >= 0.6 is 0 Å². The minimum Gasteiger partial charge on any atom is -0.455 e. The molecule has 4 aromatic heterocycles. The van der Waals surface area contributed by atoms with E-state index in [0.29, 0.717) is 17.6 Å². The summed E-state index contributed by atoms with van der Waals surface area (Å²) in [6, 6.07) is 83.3. The Bertz CT molecular complexity index is 4260. The SMILES string of the molecule is c1ccc(-c2cccc(-c3cc(-c4nc(-c5ccccc5)nc(-n5c6ccccc6c6cccc(-c7cccc8c7oc7ccccc78)c65)n4)ccc3-n3c4ccccc4c4ccccc43)c2)cc1. The zero-order chi connectivity index (χ0) is 45.4. The Kier molecular flexibility index (Phi) is 8.79. The van der Waals surface area contributed by atoms with Gasteiger partial charge in [0, 0.05) is 60.1 Å². The first-order chi connectivity index (χ1) is 34.2. The number of rotatable bonds is 7. The molecule has 0 fully saturated rings. The third kappa shape index (κ3) is 6.23. The van der Waals surface area contributed by atoms with Gasteiger partial charge in [-0.25, -0.2) is 4.98 Å². The van der Waals surface area contributed by atoms with Crippen LogP contribution in [0, 0.1) is 0 Å². The number of benzene rings is 10. The van der Waals surface area contributed by atoms with E-state index in [0.717, 1.165) is 105 Å². The van der Waals surface area contributed by atoms with Crippen molar-refractivity contribution in [2.75, 3.05) is 0 Å². The summed E-state index contributed by atoms with van der Waals surface area (Å²) in [5.41, 5.74) is 15.2. The molecule has 0 unspecified atom stereocenters. The van der Waals surface area contributed by atoms with Gasteiger partial charge in [-0.2, -0.15) is 9.97 Å². The van der Waals surface area contributed by atoms with Crippen LogP contribution in [-0.4, -0.2) is 24.1 Å². The van der Waals surface area contributed by atoms with Gasteiger partial charge in [0.25, 0.3) is 0 Å². The first-order valence-electron chi connectivity index (χ1n) is 23.3. The molecule has 0 radical (unpaired) electrons. The van der Waals surface area contributed by atoms with Gasteiger partial charge in [-0.3, -0.25) is 4.57 Å². The van der Waals surface area contributed by atoms with Gasteiger partial charge in [-0.1, -0.05) is 188 Å². The first kappa shape index (κ1) is 38.8. The van der Waals surface area contributed by atoms with Crippen molar-refractivity contribution in [2.24, 2.45) is 0 Å². The Morgan fingerprint density at radius 3 is 1.55 bits per heavy atom. The summed E-state index contributed by atoms with van der Waals surface area (Å²) in [6.07, 6.45) is 0. The van der Waals surface area contributed by atoms with Crippen LogP contribution in [0.1, 0.15) is 0 Å². The Balaban J connectivity index is 1.04. The Morgan fingerprint density at radius 2 is 0.826 bits per heavy atom. The predicted octanol–water partition coefficient (Wildman–Crippen LogP) is 16.3. The number of para-hydroxylation sites is 6. The van der Waals surface area contributed by atoms with E-state index in [1.54, 1.807) is 0 Å². The highest BCUT2D eigenvalue weighted by Crippen LogP contribution is 2.43. The highest BCUT2D eigenvalue weighted by atomic mass is 16.3. The van der Waals surface area contributed by atoms with Gasteiger partial charge >= 0.3 is 0 Å². The average molecular weight is 882 g/mol. The molecule has 10 aromatic carbocycles. The molecule has 0 saturated heterocycles. The topological polar surface area (TPSA) is 61.7 Å². The van der Waals surface area contributed by atoms with Crippen molar-refractivity contribution in [3.05, 3.63) is 237 Å². The summed E-state index contributed by atoms with van der Waals surface area (Å²) >= 11 is 0. The fourth-order valence-corrected chi connectivity index (χ4v) is 10.5. The fourth-order valence-electron chi connectivity index (χ4n) is 10.5. The molecule has 0 aliphatic heterocycles. The van der Waals surface area contributed by atoms with Crippen LogP contribution < -0.4 is 0 Å². The van der Waals surface area contributed by atoms with Gasteiger partial charge in [0.1, 0.15) is 11.2 Å². The van der Waals surface area contributed by atoms with E-state index in [-0.39, 0.29) is 0 Å². The van der Waals surface area contributed by atoms with Gasteiger partial charge in [0.05, 0.1) is 27.8 Å². The van der Waals surface area contributed by atoms with Crippen molar-refractivity contribution >= 4 is 65.6 Å². The minimum absolute atomic E-state index is 0.522. The monoisotopic (exact) mass is 881 g/mol. The zero-order valence-electron chi connectivity index (χ0n) is 37.2. The Morgan fingerprint density at radius 1 is 0.304 bits per heavy atom. The van der Waals surface area contributed by atoms with Crippen LogP contribution in [-0.2, 0) is 0 Å². The second-order valence-corrected chi connectivity index (χ2v) is 17.5. The van der Waals surface area contributed by atoms with Crippen molar-refractivity contribution in [3.63, 3.8) is 0 Å². The predicted molar refractivity (Wildman–Crippen MR) is 283 cm³/mol. The van der Waals surface area contributed by atoms with Crippen molar-refractivity contribution in [3.8, 4) is 67.8 Å². The molecule has 322 valence electrons. The summed E-state index contributed by atoms with van der Waals surface area (Å²) in [5, 5.41) is 6.77. The molecule has 0 atom stereocenters. The van der Waals surface area contributed by atoms with Crippen molar-refractivity contribution in [2.45, 2.75) is 0 Å². The molecule has 0 saturated carbocycles. The molecule has 6 nitrogen and oxygen atoms in total. The Labute approximate surface area is 396 Å². The lowest BCUT2D eigenvalue weighted by atomic mass is 9.96. The van der Waals surface area contributed by atoms with Crippen LogP contribution in [0.5, 0.6) is 0 Å². The number of hydrogen-bond donors (Lipinski definition) is 0. The van der Waals surface area contributed by atoms with Crippen LogP contribution in [0.15, 0.2) is 241 Å². The van der Waals surface area contributed by atoms with Crippen LogP contribution in [0.25, 0.3) is 133 Å². The standard InChI is InChI=1S/C63H39N5O/c1-3-18-40(19-4-1)42-22-15-23-43(38-42)53-39-44(36-37-57(53)67-54-32-11-7-24-45(54)46-25-8-12-33-55(46)67)62-64-61(41-20-5-2-6-21-41)65-63(66-62)68-56-34-13-9-26-47(56)49-28-16-29-50(59(49)68)52-31-17-30-51-48-27-10-14-35-58(48)69-60(51)52/h1-39H. The number of hydrogen-bond acceptors (Lipinski definition) is 4. The van der Waals surface area contributed by atoms with E-state index >= 15 is 0 Å². The average Bonchev–Trinajstić information content (AvgIpc) is 4.09. The molecule has 0 aliphatic carbocycles. The van der Waals surface area contributed by atoms with Gasteiger partial charge in [0.2, 0.25) is 5.95 Å². The molecule has 14 aromatic rings. The zero-order valence-corrected chi connectivity index (χ0v) is 37.2. The molecule has 69 heavy (non-hydrogen) atoms. The van der Waals surface area contributed by atoms with E-state index in [4.69, 9.17) is 19.4 Å². The van der Waals surface area contributed by atoms with Crippen molar-refractivity contribution in [1.29, 1.82) is 0 Å². The van der Waals surface area contributed by atoms with Gasteiger partial charge in [-0.15, -0.1) is 0 Å². The van der Waals surface area contributed by atoms with Crippen LogP contribution in [0.2, 0.25) is 0 Å². The molecule has 0 aliphatic rings. The van der Waals surface area contributed by atoms with E-state index in [9.17, 15) is 0 Å². The van der Waals surface area contributed by atoms with E-state index < -0.39 is 0 Å². The summed E-state index contributed by atoms with van der Waals surface area (Å²) < 4.78 is 11.3.